The maximum atomic E-state index is 4.27. The molecule has 1 aliphatic rings. The normalized spacial score (nSPS) is 12.8. The molecule has 0 N–H and O–H groups in total. The SMILES string of the molecule is C1=CN=Cc2c(ncc3ccccc23)N=1. The summed E-state index contributed by atoms with van der Waals surface area (Å²) in [4.78, 5) is 12.4. The van der Waals surface area contributed by atoms with E-state index in [4.69, 9.17) is 0 Å². The summed E-state index contributed by atoms with van der Waals surface area (Å²) < 4.78 is 0. The van der Waals surface area contributed by atoms with Crippen LogP contribution in [0.3, 0.4) is 0 Å². The molecule has 0 saturated heterocycles. The van der Waals surface area contributed by atoms with Gasteiger partial charge in [-0.15, -0.1) is 0 Å². The summed E-state index contributed by atoms with van der Waals surface area (Å²) in [6, 6.07) is 8.06. The van der Waals surface area contributed by atoms with Gasteiger partial charge < -0.3 is 0 Å². The van der Waals surface area contributed by atoms with Crippen LogP contribution in [-0.4, -0.2) is 17.1 Å². The molecule has 0 spiro atoms. The van der Waals surface area contributed by atoms with E-state index in [9.17, 15) is 0 Å². The maximum Gasteiger partial charge on any atom is 0.171 e. The van der Waals surface area contributed by atoms with E-state index in [1.54, 1.807) is 6.21 Å². The Morgan fingerprint density at radius 2 is 2.07 bits per heavy atom. The van der Waals surface area contributed by atoms with Crippen molar-refractivity contribution in [2.45, 2.75) is 0 Å². The fourth-order valence-corrected chi connectivity index (χ4v) is 1.63. The molecule has 1 aliphatic heterocycles. The van der Waals surface area contributed by atoms with E-state index in [2.05, 4.69) is 20.8 Å². The summed E-state index contributed by atoms with van der Waals surface area (Å²) in [5.74, 6) is 3.38. The van der Waals surface area contributed by atoms with E-state index in [-0.39, 0.29) is 0 Å². The van der Waals surface area contributed by atoms with Crippen LogP contribution in [0.5, 0.6) is 0 Å². The van der Waals surface area contributed by atoms with Crippen LogP contribution in [-0.2, 0) is 0 Å². The third kappa shape index (κ3) is 1.26. The van der Waals surface area contributed by atoms with E-state index in [0.717, 1.165) is 16.3 Å². The molecule has 0 bridgehead atoms. The minimum atomic E-state index is 0.672. The minimum absolute atomic E-state index is 0.672. The average molecular weight is 193 g/mol. The zero-order chi connectivity index (χ0) is 10.1. The number of aromatic nitrogens is 1. The van der Waals surface area contributed by atoms with Crippen molar-refractivity contribution in [3.63, 3.8) is 0 Å². The summed E-state index contributed by atoms with van der Waals surface area (Å²) in [5.41, 5.74) is 0.953. The molecule has 0 amide bonds. The lowest BCUT2D eigenvalue weighted by atomic mass is 10.1. The molecular weight excluding hydrogens is 186 g/mol. The molecule has 3 heteroatoms. The van der Waals surface area contributed by atoms with E-state index in [0.29, 0.717) is 5.82 Å². The smallest absolute Gasteiger partial charge is 0.171 e. The van der Waals surface area contributed by atoms with Gasteiger partial charge in [-0.1, -0.05) is 24.3 Å². The predicted octanol–water partition coefficient (Wildman–Crippen LogP) is 2.48. The second-order valence-corrected chi connectivity index (χ2v) is 3.23. The molecule has 70 valence electrons. The monoisotopic (exact) mass is 193 g/mol. The first-order valence-corrected chi connectivity index (χ1v) is 4.64. The first-order chi connectivity index (χ1) is 7.45. The van der Waals surface area contributed by atoms with Gasteiger partial charge >= 0.3 is 0 Å². The van der Waals surface area contributed by atoms with Gasteiger partial charge in [0.05, 0.1) is 6.20 Å². The van der Waals surface area contributed by atoms with Crippen LogP contribution in [0.4, 0.5) is 5.82 Å². The van der Waals surface area contributed by atoms with Crippen LogP contribution in [0.1, 0.15) is 5.56 Å². The predicted molar refractivity (Wildman–Crippen MR) is 61.0 cm³/mol. The Hall–Kier alpha value is -2.25. The van der Waals surface area contributed by atoms with E-state index < -0.39 is 0 Å². The highest BCUT2D eigenvalue weighted by atomic mass is 14.9. The first-order valence-electron chi connectivity index (χ1n) is 4.64. The molecule has 15 heavy (non-hydrogen) atoms. The zero-order valence-electron chi connectivity index (χ0n) is 7.88. The van der Waals surface area contributed by atoms with Gasteiger partial charge in [-0.2, -0.15) is 4.99 Å². The quantitative estimate of drug-likeness (QED) is 0.633. The van der Waals surface area contributed by atoms with Gasteiger partial charge in [0, 0.05) is 29.2 Å². The molecule has 0 unspecified atom stereocenters. The Morgan fingerprint density at radius 1 is 1.13 bits per heavy atom. The molecular formula is C12H7N3. The van der Waals surface area contributed by atoms with Crippen molar-refractivity contribution in [3.8, 4) is 0 Å². The lowest BCUT2D eigenvalue weighted by Crippen LogP contribution is -1.87. The molecule has 0 saturated carbocycles. The molecule has 0 atom stereocenters. The summed E-state index contributed by atoms with van der Waals surface area (Å²) in [6.07, 6.45) is 5.13. The molecule has 2 heterocycles. The number of hydrogen-bond donors (Lipinski definition) is 0. The van der Waals surface area contributed by atoms with Crippen LogP contribution in [0.25, 0.3) is 10.8 Å². The summed E-state index contributed by atoms with van der Waals surface area (Å²) in [5, 5.41) is 2.21. The Labute approximate surface area is 86.5 Å². The number of nitrogens with zero attached hydrogens (tertiary/aromatic N) is 3. The van der Waals surface area contributed by atoms with Gasteiger partial charge in [0.15, 0.2) is 5.82 Å². The lowest BCUT2D eigenvalue weighted by Gasteiger charge is -2.02. The number of rotatable bonds is 0. The van der Waals surface area contributed by atoms with Crippen molar-refractivity contribution in [3.05, 3.63) is 42.2 Å². The Bertz CT molecular complexity index is 620. The fourth-order valence-electron chi connectivity index (χ4n) is 1.63. The van der Waals surface area contributed by atoms with Gasteiger partial charge in [0.2, 0.25) is 0 Å². The number of fused-ring (bicyclic) bond motifs is 3. The lowest BCUT2D eigenvalue weighted by molar-refractivity contribution is 1.30. The number of hydrogen-bond acceptors (Lipinski definition) is 3. The standard InChI is InChI=1S/C12H7N3/c1-2-4-10-9(3-1)7-15-12-11(10)8-13-5-6-14-12/h1-5,7-8H. The van der Waals surface area contributed by atoms with Gasteiger partial charge in [0.1, 0.15) is 0 Å². The van der Waals surface area contributed by atoms with Crippen molar-refractivity contribution >= 4 is 28.7 Å². The van der Waals surface area contributed by atoms with Crippen molar-refractivity contribution in [2.75, 3.05) is 0 Å². The molecule has 1 aromatic heterocycles. The number of pyridine rings is 1. The van der Waals surface area contributed by atoms with E-state index >= 15 is 0 Å². The Morgan fingerprint density at radius 3 is 3.07 bits per heavy atom. The number of benzene rings is 1. The average Bonchev–Trinajstić information content (AvgIpc) is 2.54. The van der Waals surface area contributed by atoms with Crippen LogP contribution < -0.4 is 0 Å². The third-order valence-corrected chi connectivity index (χ3v) is 2.32. The maximum absolute atomic E-state index is 4.27. The minimum Gasteiger partial charge on any atom is -0.254 e. The van der Waals surface area contributed by atoms with Crippen molar-refractivity contribution in [2.24, 2.45) is 9.98 Å². The third-order valence-electron chi connectivity index (χ3n) is 2.32. The van der Waals surface area contributed by atoms with Crippen molar-refractivity contribution in [1.82, 2.24) is 4.98 Å². The molecule has 2 aromatic rings. The Kier molecular flexibility index (Phi) is 1.70. The van der Waals surface area contributed by atoms with E-state index in [1.165, 1.54) is 6.20 Å². The van der Waals surface area contributed by atoms with Gasteiger partial charge in [0.25, 0.3) is 0 Å². The van der Waals surface area contributed by atoms with Gasteiger partial charge in [-0.25, -0.2) is 4.98 Å². The largest absolute Gasteiger partial charge is 0.254 e. The Balaban J connectivity index is 2.45. The molecule has 0 aliphatic carbocycles. The molecule has 0 fully saturated rings. The fraction of sp³-hybridized carbons (Fsp3) is 0. The van der Waals surface area contributed by atoms with Crippen LogP contribution in [0, 0.1) is 0 Å². The van der Waals surface area contributed by atoms with Crippen LogP contribution in [0.2, 0.25) is 0 Å². The molecule has 3 rings (SSSR count). The van der Waals surface area contributed by atoms with Gasteiger partial charge in [-0.3, -0.25) is 4.99 Å². The van der Waals surface area contributed by atoms with Crippen molar-refractivity contribution in [1.29, 1.82) is 0 Å². The van der Waals surface area contributed by atoms with Gasteiger partial charge in [-0.05, 0) is 5.39 Å². The second kappa shape index (κ2) is 3.15. The number of aliphatic imine (C=N–C) groups is 2. The highest BCUT2D eigenvalue weighted by molar-refractivity contribution is 6.04. The highest BCUT2D eigenvalue weighted by Gasteiger charge is 2.06. The van der Waals surface area contributed by atoms with E-state index in [1.807, 2.05) is 30.5 Å². The topological polar surface area (TPSA) is 37.6 Å². The summed E-state index contributed by atoms with van der Waals surface area (Å²) in [6.45, 7) is 0. The second-order valence-electron chi connectivity index (χ2n) is 3.23. The summed E-state index contributed by atoms with van der Waals surface area (Å²) >= 11 is 0. The molecule has 1 aromatic carbocycles. The highest BCUT2D eigenvalue weighted by Crippen LogP contribution is 2.24. The first kappa shape index (κ1) is 8.09. The summed E-state index contributed by atoms with van der Waals surface area (Å²) in [7, 11) is 0. The van der Waals surface area contributed by atoms with Crippen LogP contribution in [0.15, 0.2) is 46.6 Å². The van der Waals surface area contributed by atoms with Crippen LogP contribution >= 0.6 is 0 Å². The molecule has 3 nitrogen and oxygen atoms in total. The van der Waals surface area contributed by atoms with Crippen molar-refractivity contribution < 1.29 is 0 Å². The molecule has 0 radical (unpaired) electrons. The zero-order valence-corrected chi connectivity index (χ0v) is 7.88.